The number of benzene rings is 2. The summed E-state index contributed by atoms with van der Waals surface area (Å²) < 4.78 is 13.5. The van der Waals surface area contributed by atoms with E-state index in [1.807, 2.05) is 12.1 Å². The maximum Gasteiger partial charge on any atom is 0.129 e. The molecule has 1 atom stereocenters. The Kier molecular flexibility index (Phi) is 4.07. The molecule has 2 aliphatic heterocycles. The Balaban J connectivity index is 1.46. The number of rotatable bonds is 3. The second-order valence-electron chi connectivity index (χ2n) is 6.79. The molecule has 1 unspecified atom stereocenters. The molecule has 0 aliphatic carbocycles. The molecule has 0 radical (unpaired) electrons. The van der Waals surface area contributed by atoms with E-state index in [1.54, 1.807) is 0 Å². The lowest BCUT2D eigenvalue weighted by atomic mass is 10.0. The third-order valence-corrected chi connectivity index (χ3v) is 5.13. The standard InChI is InChI=1S/C20H22FN3/c21-17-9-8-16-13-24(20(22)19(16)11-17)18-7-4-10-23(14-18)12-15-5-2-1-3-6-15/h1-3,5-6,8-9,11,18,22H,4,7,10,12-14H2. The van der Waals surface area contributed by atoms with Crippen LogP contribution in [-0.2, 0) is 13.1 Å². The molecule has 2 aromatic carbocycles. The van der Waals surface area contributed by atoms with Crippen LogP contribution in [-0.4, -0.2) is 34.8 Å². The van der Waals surface area contributed by atoms with Gasteiger partial charge in [0.2, 0.25) is 0 Å². The van der Waals surface area contributed by atoms with Gasteiger partial charge in [-0.05, 0) is 42.6 Å². The number of halogens is 1. The van der Waals surface area contributed by atoms with Gasteiger partial charge in [-0.2, -0.15) is 0 Å². The largest absolute Gasteiger partial charge is 0.348 e. The van der Waals surface area contributed by atoms with Crippen molar-refractivity contribution in [2.45, 2.75) is 32.0 Å². The topological polar surface area (TPSA) is 30.3 Å². The summed E-state index contributed by atoms with van der Waals surface area (Å²) in [5, 5.41) is 8.45. The van der Waals surface area contributed by atoms with Crippen LogP contribution in [0.2, 0.25) is 0 Å². The number of fused-ring (bicyclic) bond motifs is 1. The van der Waals surface area contributed by atoms with Gasteiger partial charge in [-0.1, -0.05) is 36.4 Å². The zero-order chi connectivity index (χ0) is 16.5. The second kappa shape index (κ2) is 6.36. The molecule has 2 aliphatic rings. The Hall–Kier alpha value is -2.20. The van der Waals surface area contributed by atoms with Gasteiger partial charge in [0, 0.05) is 31.2 Å². The van der Waals surface area contributed by atoms with E-state index in [0.717, 1.165) is 50.1 Å². The van der Waals surface area contributed by atoms with Gasteiger partial charge in [0.05, 0.1) is 0 Å². The number of likely N-dealkylation sites (tertiary alicyclic amines) is 1. The van der Waals surface area contributed by atoms with Gasteiger partial charge in [-0.25, -0.2) is 4.39 Å². The first-order valence-electron chi connectivity index (χ1n) is 8.61. The highest BCUT2D eigenvalue weighted by Gasteiger charge is 2.32. The molecule has 4 rings (SSSR count). The quantitative estimate of drug-likeness (QED) is 0.935. The van der Waals surface area contributed by atoms with Crippen molar-refractivity contribution >= 4 is 5.84 Å². The predicted octanol–water partition coefficient (Wildman–Crippen LogP) is 3.63. The fraction of sp³-hybridized carbons (Fsp3) is 0.350. The molecule has 1 saturated heterocycles. The average Bonchev–Trinajstić information content (AvgIpc) is 2.93. The van der Waals surface area contributed by atoms with Crippen molar-refractivity contribution in [2.24, 2.45) is 0 Å². The summed E-state index contributed by atoms with van der Waals surface area (Å²) in [5.41, 5.74) is 3.16. The number of hydrogen-bond acceptors (Lipinski definition) is 2. The van der Waals surface area contributed by atoms with Crippen molar-refractivity contribution < 1.29 is 4.39 Å². The molecule has 124 valence electrons. The molecular weight excluding hydrogens is 301 g/mol. The Morgan fingerprint density at radius 3 is 2.79 bits per heavy atom. The van der Waals surface area contributed by atoms with E-state index in [2.05, 4.69) is 34.1 Å². The fourth-order valence-electron chi connectivity index (χ4n) is 3.91. The Morgan fingerprint density at radius 2 is 1.96 bits per heavy atom. The van der Waals surface area contributed by atoms with Crippen LogP contribution < -0.4 is 0 Å². The highest BCUT2D eigenvalue weighted by Crippen LogP contribution is 2.28. The van der Waals surface area contributed by atoms with Crippen LogP contribution in [0.1, 0.15) is 29.5 Å². The van der Waals surface area contributed by atoms with Gasteiger partial charge in [0.25, 0.3) is 0 Å². The maximum atomic E-state index is 13.5. The normalized spacial score (nSPS) is 21.1. The molecule has 3 nitrogen and oxygen atoms in total. The number of amidine groups is 1. The lowest BCUT2D eigenvalue weighted by Gasteiger charge is -2.38. The molecule has 0 spiro atoms. The molecule has 1 fully saturated rings. The van der Waals surface area contributed by atoms with Gasteiger partial charge in [0.1, 0.15) is 11.7 Å². The number of nitrogens with zero attached hydrogens (tertiary/aromatic N) is 2. The number of hydrogen-bond donors (Lipinski definition) is 1. The predicted molar refractivity (Wildman–Crippen MR) is 93.5 cm³/mol. The summed E-state index contributed by atoms with van der Waals surface area (Å²) in [6.07, 6.45) is 2.25. The maximum absolute atomic E-state index is 13.5. The monoisotopic (exact) mass is 323 g/mol. The minimum atomic E-state index is -0.255. The zero-order valence-corrected chi connectivity index (χ0v) is 13.7. The van der Waals surface area contributed by atoms with E-state index in [4.69, 9.17) is 5.41 Å². The SMILES string of the molecule is N=C1c2cc(F)ccc2CN1C1CCCN(Cc2ccccc2)C1. The summed E-state index contributed by atoms with van der Waals surface area (Å²) in [6, 6.07) is 15.7. The summed E-state index contributed by atoms with van der Waals surface area (Å²) >= 11 is 0. The highest BCUT2D eigenvalue weighted by molar-refractivity contribution is 6.00. The van der Waals surface area contributed by atoms with Gasteiger partial charge in [-0.3, -0.25) is 10.3 Å². The van der Waals surface area contributed by atoms with E-state index in [0.29, 0.717) is 11.9 Å². The third-order valence-electron chi connectivity index (χ3n) is 5.13. The smallest absolute Gasteiger partial charge is 0.129 e. The van der Waals surface area contributed by atoms with Crippen LogP contribution in [0, 0.1) is 11.2 Å². The van der Waals surface area contributed by atoms with Crippen LogP contribution in [0.15, 0.2) is 48.5 Å². The minimum absolute atomic E-state index is 0.255. The Morgan fingerprint density at radius 1 is 1.12 bits per heavy atom. The molecular formula is C20H22FN3. The van der Waals surface area contributed by atoms with E-state index >= 15 is 0 Å². The Bertz CT molecular complexity index is 744. The Labute approximate surface area is 142 Å². The van der Waals surface area contributed by atoms with E-state index in [-0.39, 0.29) is 5.82 Å². The number of nitrogens with one attached hydrogen (secondary N) is 1. The molecule has 24 heavy (non-hydrogen) atoms. The van der Waals surface area contributed by atoms with Crippen molar-refractivity contribution in [3.63, 3.8) is 0 Å². The average molecular weight is 323 g/mol. The summed E-state index contributed by atoms with van der Waals surface area (Å²) in [7, 11) is 0. The van der Waals surface area contributed by atoms with Gasteiger partial charge in [-0.15, -0.1) is 0 Å². The molecule has 0 bridgehead atoms. The van der Waals surface area contributed by atoms with Gasteiger partial charge < -0.3 is 4.90 Å². The number of piperidine rings is 1. The molecule has 1 N–H and O–H groups in total. The van der Waals surface area contributed by atoms with Crippen LogP contribution in [0.5, 0.6) is 0 Å². The van der Waals surface area contributed by atoms with Crippen LogP contribution >= 0.6 is 0 Å². The molecule has 2 heterocycles. The van der Waals surface area contributed by atoms with Crippen molar-refractivity contribution in [1.82, 2.24) is 9.80 Å². The summed E-state index contributed by atoms with van der Waals surface area (Å²) in [4.78, 5) is 4.63. The molecule has 2 aromatic rings. The van der Waals surface area contributed by atoms with Crippen LogP contribution in [0.3, 0.4) is 0 Å². The van der Waals surface area contributed by atoms with Crippen molar-refractivity contribution in [3.05, 3.63) is 71.0 Å². The molecule has 4 heteroatoms. The van der Waals surface area contributed by atoms with E-state index in [9.17, 15) is 4.39 Å². The van der Waals surface area contributed by atoms with Crippen LogP contribution in [0.25, 0.3) is 0 Å². The highest BCUT2D eigenvalue weighted by atomic mass is 19.1. The summed E-state index contributed by atoms with van der Waals surface area (Å²) in [6.45, 7) is 3.76. The van der Waals surface area contributed by atoms with Crippen LogP contribution in [0.4, 0.5) is 4.39 Å². The first-order chi connectivity index (χ1) is 11.7. The van der Waals surface area contributed by atoms with Gasteiger partial charge in [0.15, 0.2) is 0 Å². The van der Waals surface area contributed by atoms with Crippen molar-refractivity contribution in [1.29, 1.82) is 5.41 Å². The van der Waals surface area contributed by atoms with Gasteiger partial charge >= 0.3 is 0 Å². The fourth-order valence-corrected chi connectivity index (χ4v) is 3.91. The second-order valence-corrected chi connectivity index (χ2v) is 6.79. The first kappa shape index (κ1) is 15.3. The van der Waals surface area contributed by atoms with E-state index in [1.165, 1.54) is 17.7 Å². The lowest BCUT2D eigenvalue weighted by molar-refractivity contribution is 0.136. The van der Waals surface area contributed by atoms with Crippen molar-refractivity contribution in [3.8, 4) is 0 Å². The lowest BCUT2D eigenvalue weighted by Crippen LogP contribution is -2.47. The van der Waals surface area contributed by atoms with E-state index < -0.39 is 0 Å². The minimum Gasteiger partial charge on any atom is -0.348 e. The zero-order valence-electron chi connectivity index (χ0n) is 13.7. The molecule has 0 saturated carbocycles. The third kappa shape index (κ3) is 2.94. The first-order valence-corrected chi connectivity index (χ1v) is 8.61. The van der Waals surface area contributed by atoms with Crippen molar-refractivity contribution in [2.75, 3.05) is 13.1 Å². The summed E-state index contributed by atoms with van der Waals surface area (Å²) in [5.74, 6) is 0.228. The molecule has 0 aromatic heterocycles. The molecule has 0 amide bonds.